The number of aromatic nitrogens is 2. The number of aromatic amines is 1. The number of fused-ring (bicyclic) bond motifs is 1. The molecule has 2 N–H and O–H groups in total. The first-order valence-corrected chi connectivity index (χ1v) is 7.92. The van der Waals surface area contributed by atoms with Crippen LogP contribution in [0.2, 0.25) is 0 Å². The van der Waals surface area contributed by atoms with Crippen LogP contribution in [-0.4, -0.2) is 26.2 Å². The van der Waals surface area contributed by atoms with Crippen LogP contribution >= 0.6 is 23.1 Å². The quantitative estimate of drug-likeness (QED) is 0.874. The summed E-state index contributed by atoms with van der Waals surface area (Å²) >= 11 is 7.87. The molecule has 0 spiro atoms. The molecule has 21 heavy (non-hydrogen) atoms. The zero-order chi connectivity index (χ0) is 15.2. The van der Waals surface area contributed by atoms with Crippen molar-refractivity contribution in [2.75, 3.05) is 10.2 Å². The van der Waals surface area contributed by atoms with Crippen molar-refractivity contribution in [3.05, 3.63) is 24.0 Å². The number of H-pyrrole nitrogens is 1. The zero-order valence-corrected chi connectivity index (χ0v) is 14.0. The molecule has 3 rings (SSSR count). The van der Waals surface area contributed by atoms with E-state index in [9.17, 15) is 0 Å². The van der Waals surface area contributed by atoms with E-state index in [4.69, 9.17) is 11.6 Å². The predicted molar refractivity (Wildman–Crippen MR) is 90.2 cm³/mol. The van der Waals surface area contributed by atoms with Gasteiger partial charge in [-0.1, -0.05) is 11.6 Å². The number of anilines is 2. The fourth-order valence-electron chi connectivity index (χ4n) is 2.49. The van der Waals surface area contributed by atoms with E-state index in [1.165, 1.54) is 11.5 Å². The summed E-state index contributed by atoms with van der Waals surface area (Å²) in [7, 11) is 0. The van der Waals surface area contributed by atoms with Gasteiger partial charge in [0.25, 0.3) is 0 Å². The van der Waals surface area contributed by atoms with Crippen molar-refractivity contribution in [1.29, 1.82) is 0 Å². The second kappa shape index (κ2) is 5.03. The van der Waals surface area contributed by atoms with Gasteiger partial charge in [0.05, 0.1) is 11.4 Å². The van der Waals surface area contributed by atoms with Crippen LogP contribution < -0.4 is 10.2 Å². The second-order valence-electron chi connectivity index (χ2n) is 6.07. The number of rotatable bonds is 2. The summed E-state index contributed by atoms with van der Waals surface area (Å²) in [4.78, 5) is 9.83. The Balaban J connectivity index is 2.01. The molecule has 1 unspecified atom stereocenters. The Kier molecular flexibility index (Phi) is 3.45. The van der Waals surface area contributed by atoms with Crippen molar-refractivity contribution >= 4 is 44.8 Å². The first-order valence-electron chi connectivity index (χ1n) is 6.77. The van der Waals surface area contributed by atoms with E-state index in [0.29, 0.717) is 5.17 Å². The minimum Gasteiger partial charge on any atom is -0.350 e. The smallest absolute Gasteiger partial charge is 0.155 e. The minimum absolute atomic E-state index is 0.107. The summed E-state index contributed by atoms with van der Waals surface area (Å²) in [6, 6.07) is 4.04. The summed E-state index contributed by atoms with van der Waals surface area (Å²) in [5.41, 5.74) is 1.94. The van der Waals surface area contributed by atoms with Crippen LogP contribution in [0.3, 0.4) is 0 Å². The SMILES string of the molecule is Cc1cc(NC2C(Cl)=Nc3[nH]ccc3N2C(C)(C)C)sn1. The average Bonchev–Trinajstić information content (AvgIpc) is 2.97. The first-order chi connectivity index (χ1) is 9.86. The van der Waals surface area contributed by atoms with E-state index in [2.05, 4.69) is 45.3 Å². The first kappa shape index (κ1) is 14.4. The molecule has 1 atom stereocenters. The van der Waals surface area contributed by atoms with Crippen LogP contribution in [-0.2, 0) is 0 Å². The molecule has 0 aliphatic carbocycles. The molecule has 1 aliphatic heterocycles. The second-order valence-corrected chi connectivity index (χ2v) is 7.26. The highest BCUT2D eigenvalue weighted by Crippen LogP contribution is 2.39. The Hall–Kier alpha value is -1.53. The van der Waals surface area contributed by atoms with E-state index < -0.39 is 0 Å². The maximum absolute atomic E-state index is 6.43. The highest BCUT2D eigenvalue weighted by molar-refractivity contribution is 7.10. The van der Waals surface area contributed by atoms with Gasteiger partial charge in [-0.25, -0.2) is 4.99 Å². The van der Waals surface area contributed by atoms with Gasteiger partial charge in [-0.15, -0.1) is 0 Å². The molecule has 0 bridgehead atoms. The lowest BCUT2D eigenvalue weighted by Crippen LogP contribution is -2.55. The van der Waals surface area contributed by atoms with E-state index >= 15 is 0 Å². The van der Waals surface area contributed by atoms with Crippen molar-refractivity contribution in [3.63, 3.8) is 0 Å². The average molecular weight is 324 g/mol. The molecule has 0 amide bonds. The lowest BCUT2D eigenvalue weighted by atomic mass is 10.0. The lowest BCUT2D eigenvalue weighted by molar-refractivity contribution is 0.494. The fourth-order valence-corrected chi connectivity index (χ4v) is 3.41. The molecular formula is C14H18ClN5S. The van der Waals surface area contributed by atoms with E-state index in [1.54, 1.807) is 0 Å². The van der Waals surface area contributed by atoms with Crippen LogP contribution in [0.1, 0.15) is 26.5 Å². The molecule has 7 heteroatoms. The third kappa shape index (κ3) is 2.65. The van der Waals surface area contributed by atoms with Crippen LogP contribution in [0.15, 0.2) is 23.3 Å². The molecule has 0 saturated carbocycles. The summed E-state index contributed by atoms with van der Waals surface area (Å²) in [5, 5.41) is 4.95. The standard InChI is InChI=1S/C14H18ClN5S/c1-8-7-10(21-19-8)17-13-11(15)18-12-9(5-6-16-12)20(13)14(2,3)4/h5-7,13,16-17H,1-4H3. The van der Waals surface area contributed by atoms with Crippen molar-refractivity contribution in [3.8, 4) is 0 Å². The van der Waals surface area contributed by atoms with Gasteiger partial charge in [0.2, 0.25) is 0 Å². The number of aryl methyl sites for hydroxylation is 1. The van der Waals surface area contributed by atoms with E-state index in [0.717, 1.165) is 22.2 Å². The number of nitrogens with one attached hydrogen (secondary N) is 2. The van der Waals surface area contributed by atoms with Crippen molar-refractivity contribution < 1.29 is 0 Å². The van der Waals surface area contributed by atoms with Gasteiger partial charge in [-0.2, -0.15) is 4.37 Å². The van der Waals surface area contributed by atoms with Crippen molar-refractivity contribution in [2.24, 2.45) is 4.99 Å². The van der Waals surface area contributed by atoms with Gasteiger partial charge in [0, 0.05) is 11.7 Å². The van der Waals surface area contributed by atoms with Crippen molar-refractivity contribution in [1.82, 2.24) is 9.36 Å². The van der Waals surface area contributed by atoms with E-state index in [-0.39, 0.29) is 11.7 Å². The largest absolute Gasteiger partial charge is 0.350 e. The zero-order valence-electron chi connectivity index (χ0n) is 12.4. The Bertz CT molecular complexity index is 682. The Labute approximate surface area is 133 Å². The number of aliphatic imine (C=N–C) groups is 1. The normalized spacial score (nSPS) is 18.4. The van der Waals surface area contributed by atoms with Gasteiger partial charge in [0.1, 0.15) is 5.00 Å². The topological polar surface area (TPSA) is 56.3 Å². The number of hydrogen-bond acceptors (Lipinski definition) is 5. The van der Waals surface area contributed by atoms with Gasteiger partial charge in [-0.3, -0.25) is 0 Å². The third-order valence-electron chi connectivity index (χ3n) is 3.30. The van der Waals surface area contributed by atoms with E-state index in [1.807, 2.05) is 25.3 Å². The predicted octanol–water partition coefficient (Wildman–Crippen LogP) is 4.11. The third-order valence-corrected chi connectivity index (χ3v) is 4.40. The lowest BCUT2D eigenvalue weighted by Gasteiger charge is -2.44. The monoisotopic (exact) mass is 323 g/mol. The number of halogens is 1. The molecule has 0 saturated heterocycles. The van der Waals surface area contributed by atoms with Gasteiger partial charge in [-0.05, 0) is 51.4 Å². The maximum atomic E-state index is 6.43. The van der Waals surface area contributed by atoms with Crippen molar-refractivity contribution in [2.45, 2.75) is 39.4 Å². The molecule has 2 aromatic heterocycles. The van der Waals surface area contributed by atoms with Crippen LogP contribution in [0, 0.1) is 6.92 Å². The minimum atomic E-state index is -0.199. The molecule has 0 fully saturated rings. The molecule has 3 heterocycles. The van der Waals surface area contributed by atoms with Crippen LogP contribution in [0.25, 0.3) is 0 Å². The molecule has 0 radical (unpaired) electrons. The Morgan fingerprint density at radius 1 is 1.43 bits per heavy atom. The summed E-state index contributed by atoms with van der Waals surface area (Å²) < 4.78 is 4.30. The molecule has 2 aromatic rings. The maximum Gasteiger partial charge on any atom is 0.155 e. The van der Waals surface area contributed by atoms with Gasteiger partial charge < -0.3 is 15.2 Å². The summed E-state index contributed by atoms with van der Waals surface area (Å²) in [6.45, 7) is 8.45. The summed E-state index contributed by atoms with van der Waals surface area (Å²) in [5.74, 6) is 0.800. The highest BCUT2D eigenvalue weighted by atomic mass is 35.5. The Morgan fingerprint density at radius 2 is 2.19 bits per heavy atom. The van der Waals surface area contributed by atoms with Crippen LogP contribution in [0.4, 0.5) is 16.5 Å². The Morgan fingerprint density at radius 3 is 2.81 bits per heavy atom. The van der Waals surface area contributed by atoms with Gasteiger partial charge >= 0.3 is 0 Å². The van der Waals surface area contributed by atoms with Gasteiger partial charge in [0.15, 0.2) is 17.2 Å². The molecule has 1 aliphatic rings. The summed E-state index contributed by atoms with van der Waals surface area (Å²) in [6.07, 6.45) is 1.69. The highest BCUT2D eigenvalue weighted by Gasteiger charge is 2.37. The fraction of sp³-hybridized carbons (Fsp3) is 0.429. The molecule has 5 nitrogen and oxygen atoms in total. The molecule has 112 valence electrons. The molecule has 0 aromatic carbocycles. The number of nitrogens with zero attached hydrogens (tertiary/aromatic N) is 3. The van der Waals surface area contributed by atoms with Crippen LogP contribution in [0.5, 0.6) is 0 Å². The molecular weight excluding hydrogens is 306 g/mol. The number of hydrogen-bond donors (Lipinski definition) is 2.